The summed E-state index contributed by atoms with van der Waals surface area (Å²) in [6.45, 7) is 3.46. The normalized spacial score (nSPS) is 16.7. The fourth-order valence-electron chi connectivity index (χ4n) is 1.63. The molecule has 1 aliphatic rings. The molecule has 1 aromatic rings. The van der Waals surface area contributed by atoms with E-state index < -0.39 is 0 Å². The van der Waals surface area contributed by atoms with Crippen molar-refractivity contribution in [2.45, 2.75) is 4.90 Å². The smallest absolute Gasteiger partial charge is 0.265 e. The molecule has 1 aromatic heterocycles. The van der Waals surface area contributed by atoms with Crippen LogP contribution in [-0.4, -0.2) is 43.2 Å². The lowest BCUT2D eigenvalue weighted by molar-refractivity contribution is 0.0737. The van der Waals surface area contributed by atoms with Gasteiger partial charge in [0.2, 0.25) is 0 Å². The van der Waals surface area contributed by atoms with Gasteiger partial charge in [0.1, 0.15) is 4.88 Å². The van der Waals surface area contributed by atoms with Gasteiger partial charge in [-0.15, -0.1) is 23.1 Å². The Morgan fingerprint density at radius 2 is 2.27 bits per heavy atom. The molecule has 3 nitrogen and oxygen atoms in total. The molecule has 0 unspecified atom stereocenters. The highest BCUT2D eigenvalue weighted by Gasteiger charge is 2.21. The predicted molar refractivity (Wildman–Crippen MR) is 64.9 cm³/mol. The number of piperazine rings is 1. The molecule has 0 bridgehead atoms. The first kappa shape index (κ1) is 11.0. The molecule has 0 aliphatic carbocycles. The van der Waals surface area contributed by atoms with Gasteiger partial charge in [-0.1, -0.05) is 0 Å². The van der Waals surface area contributed by atoms with E-state index in [2.05, 4.69) is 5.32 Å². The Morgan fingerprint density at radius 1 is 1.53 bits per heavy atom. The van der Waals surface area contributed by atoms with Gasteiger partial charge in [-0.05, 0) is 17.7 Å². The van der Waals surface area contributed by atoms with Crippen LogP contribution in [0.5, 0.6) is 0 Å². The maximum absolute atomic E-state index is 12.1. The number of nitrogens with one attached hydrogen (secondary N) is 1. The molecule has 0 saturated carbocycles. The molecule has 1 N–H and O–H groups in total. The third-order valence-electron chi connectivity index (χ3n) is 2.45. The second-order valence-corrected chi connectivity index (χ2v) is 5.12. The van der Waals surface area contributed by atoms with Gasteiger partial charge in [0.15, 0.2) is 0 Å². The maximum Gasteiger partial charge on any atom is 0.265 e. The zero-order chi connectivity index (χ0) is 10.7. The molecule has 5 heteroatoms. The van der Waals surface area contributed by atoms with Crippen LogP contribution in [0.3, 0.4) is 0 Å². The van der Waals surface area contributed by atoms with E-state index in [1.807, 2.05) is 22.6 Å². The summed E-state index contributed by atoms with van der Waals surface area (Å²) in [5, 5.41) is 5.24. The minimum absolute atomic E-state index is 0.191. The lowest BCUT2D eigenvalue weighted by atomic mass is 10.3. The summed E-state index contributed by atoms with van der Waals surface area (Å²) in [4.78, 5) is 16.1. The van der Waals surface area contributed by atoms with Gasteiger partial charge in [-0.25, -0.2) is 0 Å². The van der Waals surface area contributed by atoms with Crippen LogP contribution in [0.1, 0.15) is 9.67 Å². The summed E-state index contributed by atoms with van der Waals surface area (Å²) < 4.78 is 0. The van der Waals surface area contributed by atoms with E-state index >= 15 is 0 Å². The molecule has 0 aromatic carbocycles. The van der Waals surface area contributed by atoms with Gasteiger partial charge < -0.3 is 10.2 Å². The zero-order valence-corrected chi connectivity index (χ0v) is 10.3. The summed E-state index contributed by atoms with van der Waals surface area (Å²) >= 11 is 3.19. The van der Waals surface area contributed by atoms with E-state index in [4.69, 9.17) is 0 Å². The molecule has 82 valence electrons. The highest BCUT2D eigenvalue weighted by molar-refractivity contribution is 7.98. The van der Waals surface area contributed by atoms with Gasteiger partial charge in [0.05, 0.1) is 0 Å². The molecular formula is C10H14N2OS2. The zero-order valence-electron chi connectivity index (χ0n) is 8.66. The Hall–Kier alpha value is -0.520. The van der Waals surface area contributed by atoms with Crippen LogP contribution < -0.4 is 5.32 Å². The fourth-order valence-corrected chi connectivity index (χ4v) is 3.34. The van der Waals surface area contributed by atoms with Crippen molar-refractivity contribution < 1.29 is 4.79 Å². The van der Waals surface area contributed by atoms with E-state index in [0.717, 1.165) is 36.0 Å². The number of amides is 1. The first-order chi connectivity index (χ1) is 7.33. The second-order valence-electron chi connectivity index (χ2n) is 3.36. The maximum atomic E-state index is 12.1. The Kier molecular flexibility index (Phi) is 3.66. The average molecular weight is 242 g/mol. The Bertz CT molecular complexity index is 345. The number of rotatable bonds is 2. The van der Waals surface area contributed by atoms with Crippen molar-refractivity contribution in [3.05, 3.63) is 16.3 Å². The van der Waals surface area contributed by atoms with Crippen molar-refractivity contribution in [2.24, 2.45) is 0 Å². The highest BCUT2D eigenvalue weighted by Crippen LogP contribution is 2.26. The Labute approximate surface area is 97.8 Å². The van der Waals surface area contributed by atoms with Gasteiger partial charge >= 0.3 is 0 Å². The third-order valence-corrected chi connectivity index (χ3v) is 4.26. The SMILES string of the molecule is CSc1ccsc1C(=O)N1CCNCC1. The summed E-state index contributed by atoms with van der Waals surface area (Å²) in [6, 6.07) is 2.02. The van der Waals surface area contributed by atoms with E-state index in [1.54, 1.807) is 23.1 Å². The quantitative estimate of drug-likeness (QED) is 0.798. The highest BCUT2D eigenvalue weighted by atomic mass is 32.2. The van der Waals surface area contributed by atoms with Crippen LogP contribution >= 0.6 is 23.1 Å². The lowest BCUT2D eigenvalue weighted by Crippen LogP contribution is -2.46. The van der Waals surface area contributed by atoms with Gasteiger partial charge in [0.25, 0.3) is 5.91 Å². The number of nitrogens with zero attached hydrogens (tertiary/aromatic N) is 1. The topological polar surface area (TPSA) is 32.3 Å². The van der Waals surface area contributed by atoms with Crippen molar-refractivity contribution in [1.29, 1.82) is 0 Å². The van der Waals surface area contributed by atoms with E-state index in [0.29, 0.717) is 0 Å². The van der Waals surface area contributed by atoms with Gasteiger partial charge in [0, 0.05) is 31.1 Å². The van der Waals surface area contributed by atoms with E-state index in [9.17, 15) is 4.79 Å². The number of hydrogen-bond donors (Lipinski definition) is 1. The second kappa shape index (κ2) is 5.01. The van der Waals surface area contributed by atoms with Crippen LogP contribution in [0, 0.1) is 0 Å². The monoisotopic (exact) mass is 242 g/mol. The number of carbonyl (C=O) groups excluding carboxylic acids is 1. The molecule has 2 heterocycles. The minimum Gasteiger partial charge on any atom is -0.335 e. The van der Waals surface area contributed by atoms with Crippen LogP contribution in [0.25, 0.3) is 0 Å². The molecule has 0 atom stereocenters. The number of hydrogen-bond acceptors (Lipinski definition) is 4. The van der Waals surface area contributed by atoms with Crippen molar-refractivity contribution >= 4 is 29.0 Å². The Morgan fingerprint density at radius 3 is 2.93 bits per heavy atom. The van der Waals surface area contributed by atoms with E-state index in [1.165, 1.54) is 0 Å². The average Bonchev–Trinajstić information content (AvgIpc) is 2.77. The standard InChI is InChI=1S/C10H14N2OS2/c1-14-8-2-7-15-9(8)10(13)12-5-3-11-4-6-12/h2,7,11H,3-6H2,1H3. The molecule has 1 saturated heterocycles. The van der Waals surface area contributed by atoms with E-state index in [-0.39, 0.29) is 5.91 Å². The molecular weight excluding hydrogens is 228 g/mol. The largest absolute Gasteiger partial charge is 0.335 e. The van der Waals surface area contributed by atoms with Gasteiger partial charge in [-0.2, -0.15) is 0 Å². The number of thiophene rings is 1. The first-order valence-corrected chi connectivity index (χ1v) is 7.05. The van der Waals surface area contributed by atoms with Crippen LogP contribution in [0.4, 0.5) is 0 Å². The van der Waals surface area contributed by atoms with Crippen molar-refractivity contribution in [2.75, 3.05) is 32.4 Å². The summed E-state index contributed by atoms with van der Waals surface area (Å²) in [5.74, 6) is 0.191. The third kappa shape index (κ3) is 2.35. The molecule has 2 rings (SSSR count). The van der Waals surface area contributed by atoms with Crippen molar-refractivity contribution in [1.82, 2.24) is 10.2 Å². The van der Waals surface area contributed by atoms with Gasteiger partial charge in [-0.3, -0.25) is 4.79 Å². The first-order valence-electron chi connectivity index (χ1n) is 4.94. The Balaban J connectivity index is 2.12. The number of thioether (sulfide) groups is 1. The van der Waals surface area contributed by atoms with Crippen LogP contribution in [0.2, 0.25) is 0 Å². The van der Waals surface area contributed by atoms with Crippen molar-refractivity contribution in [3.8, 4) is 0 Å². The number of carbonyl (C=O) groups is 1. The fraction of sp³-hybridized carbons (Fsp3) is 0.500. The van der Waals surface area contributed by atoms with Crippen LogP contribution in [-0.2, 0) is 0 Å². The molecule has 1 aliphatic heterocycles. The predicted octanol–water partition coefficient (Wildman–Crippen LogP) is 1.52. The molecule has 0 radical (unpaired) electrons. The van der Waals surface area contributed by atoms with Crippen molar-refractivity contribution in [3.63, 3.8) is 0 Å². The van der Waals surface area contributed by atoms with Crippen LogP contribution in [0.15, 0.2) is 16.3 Å². The molecule has 1 fully saturated rings. The summed E-state index contributed by atoms with van der Waals surface area (Å²) in [7, 11) is 0. The minimum atomic E-state index is 0.191. The lowest BCUT2D eigenvalue weighted by Gasteiger charge is -2.27. The molecule has 15 heavy (non-hydrogen) atoms. The molecule has 1 amide bonds. The summed E-state index contributed by atoms with van der Waals surface area (Å²) in [6.07, 6.45) is 2.01. The molecule has 0 spiro atoms. The summed E-state index contributed by atoms with van der Waals surface area (Å²) in [5.41, 5.74) is 0.